The number of ether oxygens (including phenoxy) is 4. The summed E-state index contributed by atoms with van der Waals surface area (Å²) in [5.74, 6) is 1.43. The van der Waals surface area contributed by atoms with Crippen molar-refractivity contribution in [3.63, 3.8) is 0 Å². The molecule has 48 heavy (non-hydrogen) atoms. The van der Waals surface area contributed by atoms with Crippen LogP contribution in [0.1, 0.15) is 68.9 Å². The number of nitrogens with zero attached hydrogens (tertiary/aromatic N) is 3. The first-order valence-electron chi connectivity index (χ1n) is 16.4. The number of aliphatic hydroxyl groups is 1. The van der Waals surface area contributed by atoms with Crippen molar-refractivity contribution in [1.29, 1.82) is 0 Å². The number of hydrogen-bond acceptors (Lipinski definition) is 11. The Kier molecular flexibility index (Phi) is 10.4. The first-order chi connectivity index (χ1) is 23.2. The van der Waals surface area contributed by atoms with E-state index < -0.39 is 23.9 Å². The predicted octanol–water partition coefficient (Wildman–Crippen LogP) is 4.20. The summed E-state index contributed by atoms with van der Waals surface area (Å²) in [6.07, 6.45) is 7.60. The molecule has 2 aromatic heterocycles. The molecule has 13 heteroatoms. The highest BCUT2D eigenvalue weighted by Gasteiger charge is 2.44. The van der Waals surface area contributed by atoms with Crippen molar-refractivity contribution < 1.29 is 38.2 Å². The lowest BCUT2D eigenvalue weighted by Gasteiger charge is -2.35. The second-order valence-corrected chi connectivity index (χ2v) is 13.8. The number of aromatic nitrogens is 2. The Morgan fingerprint density at radius 2 is 2.00 bits per heavy atom. The average molecular weight is 679 g/mol. The first kappa shape index (κ1) is 33.9. The fraction of sp³-hybridized carbons (Fsp3) is 0.543. The van der Waals surface area contributed by atoms with E-state index in [1.807, 2.05) is 44.5 Å². The molecule has 12 nitrogen and oxygen atoms in total. The van der Waals surface area contributed by atoms with Crippen molar-refractivity contribution in [1.82, 2.24) is 20.4 Å². The Labute approximate surface area is 284 Å². The molecule has 2 N–H and O–H groups in total. The highest BCUT2D eigenvalue weighted by atomic mass is 32.1. The molecule has 1 saturated carbocycles. The predicted molar refractivity (Wildman–Crippen MR) is 176 cm³/mol. The van der Waals surface area contributed by atoms with Crippen molar-refractivity contribution in [2.45, 2.75) is 89.4 Å². The van der Waals surface area contributed by atoms with Gasteiger partial charge < -0.3 is 38.8 Å². The van der Waals surface area contributed by atoms with Crippen molar-refractivity contribution in [2.24, 2.45) is 5.92 Å². The quantitative estimate of drug-likeness (QED) is 0.283. The molecule has 1 aromatic carbocycles. The van der Waals surface area contributed by atoms with Crippen molar-refractivity contribution in [3.8, 4) is 34.4 Å². The number of rotatable bonds is 11. The lowest BCUT2D eigenvalue weighted by Crippen LogP contribution is -2.48. The van der Waals surface area contributed by atoms with Gasteiger partial charge in [0, 0.05) is 44.0 Å². The molecule has 1 unspecified atom stereocenters. The average Bonchev–Trinajstić information content (AvgIpc) is 3.89. The molecule has 3 aliphatic rings. The lowest BCUT2D eigenvalue weighted by molar-refractivity contribution is -0.186. The minimum atomic E-state index is -0.863. The van der Waals surface area contributed by atoms with E-state index in [2.05, 4.69) is 21.4 Å². The molecule has 1 aliphatic carbocycles. The zero-order valence-electron chi connectivity index (χ0n) is 27.5. The molecular formula is C35H42N4O8S. The largest absolute Gasteiger partial charge is 0.490 e. The standard InChI is InChI=1S/C35H42N4O8S/c1-5-12-43-30-17-29(47-38-30)31(21(2)3)34(42)39-19-25(40)16-27(39)33(41)36-18-24-7-6-23(32-22(4)37-20-48-32)15-28(24)46-26-8-10-35(11-9-26)44-13-14-45-35/h1,6-7,15,17,20-21,25-27,31,40H,8-14,16,18-19H2,2-4H3,(H,36,41)/t25-,27+,31?/m1/s1. The molecule has 4 heterocycles. The summed E-state index contributed by atoms with van der Waals surface area (Å²) in [5, 5.41) is 17.5. The fourth-order valence-electron chi connectivity index (χ4n) is 6.77. The highest BCUT2D eigenvalue weighted by molar-refractivity contribution is 7.13. The number of likely N-dealkylation sites (tertiary alicyclic amines) is 1. The van der Waals surface area contributed by atoms with Gasteiger partial charge in [-0.3, -0.25) is 9.59 Å². The molecule has 0 bridgehead atoms. The molecule has 0 radical (unpaired) electrons. The minimum Gasteiger partial charge on any atom is -0.490 e. The number of aryl methyl sites for hydroxylation is 1. The lowest BCUT2D eigenvalue weighted by atomic mass is 9.91. The third kappa shape index (κ3) is 7.37. The monoisotopic (exact) mass is 678 g/mol. The summed E-state index contributed by atoms with van der Waals surface area (Å²) in [7, 11) is 0. The molecular weight excluding hydrogens is 636 g/mol. The second-order valence-electron chi connectivity index (χ2n) is 12.9. The first-order valence-corrected chi connectivity index (χ1v) is 17.3. The fourth-order valence-corrected chi connectivity index (χ4v) is 7.57. The number of carbonyl (C=O) groups is 2. The van der Waals surface area contributed by atoms with Crippen LogP contribution in [-0.4, -0.2) is 82.4 Å². The van der Waals surface area contributed by atoms with Crippen LogP contribution in [0.25, 0.3) is 10.4 Å². The van der Waals surface area contributed by atoms with Crippen LogP contribution in [0.2, 0.25) is 0 Å². The van der Waals surface area contributed by atoms with E-state index >= 15 is 0 Å². The van der Waals surface area contributed by atoms with Crippen molar-refractivity contribution >= 4 is 23.2 Å². The van der Waals surface area contributed by atoms with Crippen LogP contribution in [0.4, 0.5) is 0 Å². The number of hydrogen-bond donors (Lipinski definition) is 2. The SMILES string of the molecule is C#CCOc1cc(C(C(=O)N2C[C@H](O)C[C@H]2C(=O)NCc2ccc(-c3scnc3C)cc2OC2CCC3(CC2)OCCO3)C(C)C)on1. The van der Waals surface area contributed by atoms with Crippen molar-refractivity contribution in [2.75, 3.05) is 26.4 Å². The normalized spacial score (nSPS) is 21.4. The van der Waals surface area contributed by atoms with Gasteiger partial charge in [-0.25, -0.2) is 4.98 Å². The number of carbonyl (C=O) groups excluding carboxylic acids is 2. The van der Waals surface area contributed by atoms with Crippen molar-refractivity contribution in [3.05, 3.63) is 46.8 Å². The molecule has 1 spiro atoms. The summed E-state index contributed by atoms with van der Waals surface area (Å²) in [6, 6.07) is 6.66. The highest BCUT2D eigenvalue weighted by Crippen LogP contribution is 2.39. The van der Waals surface area contributed by atoms with E-state index in [-0.39, 0.29) is 55.8 Å². The van der Waals surface area contributed by atoms with E-state index in [0.29, 0.717) is 24.7 Å². The van der Waals surface area contributed by atoms with Crippen LogP contribution in [-0.2, 0) is 25.6 Å². The van der Waals surface area contributed by atoms with Gasteiger partial charge in [0.1, 0.15) is 17.7 Å². The van der Waals surface area contributed by atoms with Gasteiger partial charge in [-0.2, -0.15) is 0 Å². The molecule has 3 atom stereocenters. The Bertz CT molecular complexity index is 1630. The smallest absolute Gasteiger partial charge is 0.255 e. The molecule has 2 amide bonds. The minimum absolute atomic E-state index is 0.0124. The van der Waals surface area contributed by atoms with Gasteiger partial charge in [0.05, 0.1) is 41.5 Å². The maximum atomic E-state index is 13.9. The number of terminal acetylenes is 1. The van der Waals surface area contributed by atoms with Crippen LogP contribution in [0.15, 0.2) is 34.3 Å². The molecule has 3 aromatic rings. The maximum absolute atomic E-state index is 13.9. The van der Waals surface area contributed by atoms with Gasteiger partial charge in [-0.1, -0.05) is 31.9 Å². The zero-order valence-corrected chi connectivity index (χ0v) is 28.3. The van der Waals surface area contributed by atoms with Gasteiger partial charge >= 0.3 is 0 Å². The Morgan fingerprint density at radius 1 is 1.23 bits per heavy atom. The van der Waals surface area contributed by atoms with Gasteiger partial charge in [0.2, 0.25) is 11.8 Å². The van der Waals surface area contributed by atoms with E-state index in [9.17, 15) is 14.7 Å². The van der Waals surface area contributed by atoms with Crippen LogP contribution in [0.3, 0.4) is 0 Å². The zero-order chi connectivity index (χ0) is 33.8. The maximum Gasteiger partial charge on any atom is 0.255 e. The number of nitrogens with one attached hydrogen (secondary N) is 1. The topological polar surface area (TPSA) is 145 Å². The van der Waals surface area contributed by atoms with Gasteiger partial charge in [-0.15, -0.1) is 17.8 Å². The van der Waals surface area contributed by atoms with Crippen LogP contribution < -0.4 is 14.8 Å². The summed E-state index contributed by atoms with van der Waals surface area (Å²) < 4.78 is 29.2. The Balaban J connectivity index is 1.17. The summed E-state index contributed by atoms with van der Waals surface area (Å²) in [6.45, 7) is 7.20. The van der Waals surface area contributed by atoms with E-state index in [0.717, 1.165) is 47.4 Å². The van der Waals surface area contributed by atoms with Gasteiger partial charge in [0.25, 0.3) is 5.88 Å². The molecule has 2 saturated heterocycles. The van der Waals surface area contributed by atoms with E-state index in [4.69, 9.17) is 29.9 Å². The van der Waals surface area contributed by atoms with Gasteiger partial charge in [0.15, 0.2) is 18.2 Å². The molecule has 2 aliphatic heterocycles. The summed E-state index contributed by atoms with van der Waals surface area (Å²) in [5.41, 5.74) is 4.56. The van der Waals surface area contributed by atoms with E-state index in [1.165, 1.54) is 4.90 Å². The molecule has 256 valence electrons. The Hall–Kier alpha value is -3.96. The number of amides is 2. The molecule has 3 fully saturated rings. The second kappa shape index (κ2) is 14.7. The van der Waals surface area contributed by atoms with E-state index in [1.54, 1.807) is 17.4 Å². The Morgan fingerprint density at radius 3 is 2.69 bits per heavy atom. The number of thiazole rings is 1. The molecule has 6 rings (SSSR count). The summed E-state index contributed by atoms with van der Waals surface area (Å²) >= 11 is 1.57. The third-order valence-corrected chi connectivity index (χ3v) is 10.2. The number of β-amino-alcohol motifs (C(OH)–C–C–N with tert-alkyl or cyclic N) is 1. The van der Waals surface area contributed by atoms with Crippen LogP contribution >= 0.6 is 11.3 Å². The van der Waals surface area contributed by atoms with Crippen LogP contribution in [0, 0.1) is 25.2 Å². The van der Waals surface area contributed by atoms with Crippen LogP contribution in [0.5, 0.6) is 11.6 Å². The third-order valence-electron chi connectivity index (χ3n) is 9.24. The number of aliphatic hydroxyl groups excluding tert-OH is 1. The number of benzene rings is 1. The summed E-state index contributed by atoms with van der Waals surface area (Å²) in [4.78, 5) is 34.5. The van der Waals surface area contributed by atoms with Gasteiger partial charge in [-0.05, 0) is 42.5 Å².